The van der Waals surface area contributed by atoms with E-state index in [9.17, 15) is 0 Å². The van der Waals surface area contributed by atoms with Crippen LogP contribution in [0.2, 0.25) is 10.0 Å². The molecule has 0 aliphatic heterocycles. The SMILES string of the molecule is COCCOCCN(C)CCN(C)c1nnc(-c2cccc(Cl)c2Cl)c(N)n1. The van der Waals surface area contributed by atoms with Crippen LogP contribution in [0.5, 0.6) is 0 Å². The maximum Gasteiger partial charge on any atom is 0.247 e. The van der Waals surface area contributed by atoms with Crippen molar-refractivity contribution in [1.82, 2.24) is 20.1 Å². The topological polar surface area (TPSA) is 89.6 Å². The zero-order valence-corrected chi connectivity index (χ0v) is 17.9. The monoisotopic (exact) mass is 428 g/mol. The molecule has 28 heavy (non-hydrogen) atoms. The van der Waals surface area contributed by atoms with Gasteiger partial charge in [-0.15, -0.1) is 10.2 Å². The minimum Gasteiger partial charge on any atom is -0.382 e. The number of nitrogens with zero attached hydrogens (tertiary/aromatic N) is 5. The van der Waals surface area contributed by atoms with E-state index in [1.165, 1.54) is 0 Å². The fourth-order valence-corrected chi connectivity index (χ4v) is 2.76. The standard InChI is InChI=1S/C18H26Cl2N6O2/c1-25(9-10-28-12-11-27-3)7-8-26(2)18-22-17(21)16(23-24-18)13-5-4-6-14(19)15(13)20/h4-6H,7-12H2,1-3H3,(H2,21,22,24). The van der Waals surface area contributed by atoms with E-state index in [1.54, 1.807) is 25.3 Å². The summed E-state index contributed by atoms with van der Waals surface area (Å²) in [6.45, 7) is 4.22. The average molecular weight is 429 g/mol. The Labute approximate surface area is 175 Å². The van der Waals surface area contributed by atoms with Gasteiger partial charge in [0.25, 0.3) is 0 Å². The van der Waals surface area contributed by atoms with E-state index in [4.69, 9.17) is 38.4 Å². The van der Waals surface area contributed by atoms with Crippen molar-refractivity contribution in [3.05, 3.63) is 28.2 Å². The number of ether oxygens (including phenoxy) is 2. The molecule has 0 aliphatic carbocycles. The molecule has 154 valence electrons. The van der Waals surface area contributed by atoms with Gasteiger partial charge in [0.2, 0.25) is 5.95 Å². The molecule has 0 unspecified atom stereocenters. The highest BCUT2D eigenvalue weighted by Crippen LogP contribution is 2.34. The van der Waals surface area contributed by atoms with E-state index < -0.39 is 0 Å². The van der Waals surface area contributed by atoms with E-state index >= 15 is 0 Å². The van der Waals surface area contributed by atoms with Gasteiger partial charge in [0.15, 0.2) is 5.82 Å². The third-order valence-electron chi connectivity index (χ3n) is 4.12. The van der Waals surface area contributed by atoms with Gasteiger partial charge in [-0.05, 0) is 13.1 Å². The highest BCUT2D eigenvalue weighted by Gasteiger charge is 2.15. The molecule has 1 aromatic carbocycles. The van der Waals surface area contributed by atoms with E-state index in [-0.39, 0.29) is 5.82 Å². The quantitative estimate of drug-likeness (QED) is 0.545. The van der Waals surface area contributed by atoms with Crippen molar-refractivity contribution in [2.75, 3.05) is 71.3 Å². The van der Waals surface area contributed by atoms with Crippen LogP contribution in [0.3, 0.4) is 0 Å². The van der Waals surface area contributed by atoms with Gasteiger partial charge in [0.1, 0.15) is 5.69 Å². The molecule has 0 saturated heterocycles. The maximum absolute atomic E-state index is 6.24. The van der Waals surface area contributed by atoms with Crippen LogP contribution in [0.4, 0.5) is 11.8 Å². The number of hydrogen-bond acceptors (Lipinski definition) is 8. The highest BCUT2D eigenvalue weighted by molar-refractivity contribution is 6.43. The van der Waals surface area contributed by atoms with Crippen molar-refractivity contribution in [2.45, 2.75) is 0 Å². The Kier molecular flexibility index (Phi) is 9.14. The van der Waals surface area contributed by atoms with Gasteiger partial charge in [-0.1, -0.05) is 35.3 Å². The van der Waals surface area contributed by atoms with Gasteiger partial charge in [-0.2, -0.15) is 4.98 Å². The minimum atomic E-state index is 0.251. The van der Waals surface area contributed by atoms with Crippen molar-refractivity contribution < 1.29 is 9.47 Å². The average Bonchev–Trinajstić information content (AvgIpc) is 2.68. The lowest BCUT2D eigenvalue weighted by Gasteiger charge is -2.22. The summed E-state index contributed by atoms with van der Waals surface area (Å²) in [5, 5.41) is 9.20. The van der Waals surface area contributed by atoms with Crippen LogP contribution in [0.1, 0.15) is 0 Å². The van der Waals surface area contributed by atoms with E-state index in [1.807, 2.05) is 19.0 Å². The fraction of sp³-hybridized carbons (Fsp3) is 0.500. The number of nitrogen functional groups attached to an aromatic ring is 1. The predicted octanol–water partition coefficient (Wildman–Crippen LogP) is 2.46. The summed E-state index contributed by atoms with van der Waals surface area (Å²) in [7, 11) is 5.59. The number of methoxy groups -OCH3 is 1. The van der Waals surface area contributed by atoms with Crippen LogP contribution in [0, 0.1) is 0 Å². The van der Waals surface area contributed by atoms with Crippen LogP contribution < -0.4 is 10.6 Å². The van der Waals surface area contributed by atoms with Gasteiger partial charge in [0.05, 0.1) is 29.9 Å². The molecule has 0 spiro atoms. The maximum atomic E-state index is 6.24. The van der Waals surface area contributed by atoms with Crippen LogP contribution in [-0.4, -0.2) is 80.7 Å². The Balaban J connectivity index is 1.91. The van der Waals surface area contributed by atoms with Crippen molar-refractivity contribution in [1.29, 1.82) is 0 Å². The first kappa shape index (κ1) is 22.6. The van der Waals surface area contributed by atoms with Crippen LogP contribution >= 0.6 is 23.2 Å². The van der Waals surface area contributed by atoms with Gasteiger partial charge in [-0.25, -0.2) is 0 Å². The Hall–Kier alpha value is -1.71. The number of aromatic nitrogens is 3. The lowest BCUT2D eigenvalue weighted by atomic mass is 10.1. The van der Waals surface area contributed by atoms with Gasteiger partial charge >= 0.3 is 0 Å². The molecule has 0 fully saturated rings. The first-order chi connectivity index (χ1) is 13.4. The van der Waals surface area contributed by atoms with Crippen molar-refractivity contribution >= 4 is 35.0 Å². The van der Waals surface area contributed by atoms with Crippen LogP contribution in [0.25, 0.3) is 11.3 Å². The molecule has 10 heteroatoms. The smallest absolute Gasteiger partial charge is 0.247 e. The molecular formula is C18H26Cl2N6O2. The van der Waals surface area contributed by atoms with E-state index in [0.29, 0.717) is 53.6 Å². The molecule has 1 heterocycles. The molecule has 0 atom stereocenters. The fourth-order valence-electron chi connectivity index (χ4n) is 2.37. The van der Waals surface area contributed by atoms with Gasteiger partial charge < -0.3 is 25.0 Å². The largest absolute Gasteiger partial charge is 0.382 e. The molecule has 0 radical (unpaired) electrons. The first-order valence-corrected chi connectivity index (χ1v) is 9.60. The molecule has 2 aromatic rings. The Morgan fingerprint density at radius 1 is 1.04 bits per heavy atom. The molecule has 0 saturated carbocycles. The number of anilines is 2. The summed E-state index contributed by atoms with van der Waals surface area (Å²) in [4.78, 5) is 8.43. The normalized spacial score (nSPS) is 11.2. The molecule has 0 amide bonds. The second-order valence-corrected chi connectivity index (χ2v) is 7.06. The molecule has 0 aliphatic rings. The number of halogens is 2. The van der Waals surface area contributed by atoms with Gasteiger partial charge in [0, 0.05) is 39.4 Å². The second kappa shape index (κ2) is 11.3. The third kappa shape index (κ3) is 6.42. The van der Waals surface area contributed by atoms with E-state index in [2.05, 4.69) is 20.1 Å². The molecule has 2 N–H and O–H groups in total. The molecule has 8 nitrogen and oxygen atoms in total. The summed E-state index contributed by atoms with van der Waals surface area (Å²) in [6.07, 6.45) is 0. The number of hydrogen-bond donors (Lipinski definition) is 1. The second-order valence-electron chi connectivity index (χ2n) is 6.28. The molecular weight excluding hydrogens is 403 g/mol. The summed E-state index contributed by atoms with van der Waals surface area (Å²) >= 11 is 12.3. The molecule has 2 rings (SSSR count). The van der Waals surface area contributed by atoms with Crippen LogP contribution in [0.15, 0.2) is 18.2 Å². The van der Waals surface area contributed by atoms with Gasteiger partial charge in [-0.3, -0.25) is 0 Å². The molecule has 1 aromatic heterocycles. The summed E-state index contributed by atoms with van der Waals surface area (Å²) in [5.74, 6) is 0.699. The number of rotatable bonds is 11. The zero-order valence-electron chi connectivity index (χ0n) is 16.4. The summed E-state index contributed by atoms with van der Waals surface area (Å²) in [6, 6.07) is 5.26. The zero-order chi connectivity index (χ0) is 20.5. The number of likely N-dealkylation sites (N-methyl/N-ethyl adjacent to an activating group) is 2. The first-order valence-electron chi connectivity index (χ1n) is 8.85. The summed E-state index contributed by atoms with van der Waals surface area (Å²) < 4.78 is 10.4. The Morgan fingerprint density at radius 2 is 1.82 bits per heavy atom. The minimum absolute atomic E-state index is 0.251. The lowest BCUT2D eigenvalue weighted by molar-refractivity contribution is 0.0609. The molecule has 0 bridgehead atoms. The van der Waals surface area contributed by atoms with Crippen molar-refractivity contribution in [3.8, 4) is 11.3 Å². The van der Waals surface area contributed by atoms with Crippen molar-refractivity contribution in [3.63, 3.8) is 0 Å². The van der Waals surface area contributed by atoms with Crippen molar-refractivity contribution in [2.24, 2.45) is 0 Å². The Morgan fingerprint density at radius 3 is 2.54 bits per heavy atom. The summed E-state index contributed by atoms with van der Waals surface area (Å²) in [5.41, 5.74) is 7.11. The van der Waals surface area contributed by atoms with Crippen LogP contribution in [-0.2, 0) is 9.47 Å². The predicted molar refractivity (Wildman–Crippen MR) is 113 cm³/mol. The Bertz CT molecular complexity index is 765. The highest BCUT2D eigenvalue weighted by atomic mass is 35.5. The lowest BCUT2D eigenvalue weighted by Crippen LogP contribution is -2.33. The number of benzene rings is 1. The number of nitrogens with two attached hydrogens (primary N) is 1. The van der Waals surface area contributed by atoms with E-state index in [0.717, 1.165) is 13.1 Å². The third-order valence-corrected chi connectivity index (χ3v) is 4.94.